The summed E-state index contributed by atoms with van der Waals surface area (Å²) in [7, 11) is 0. The monoisotopic (exact) mass is 212 g/mol. The molecule has 5 heteroatoms. The minimum absolute atomic E-state index is 0.0425. The third-order valence-corrected chi connectivity index (χ3v) is 3.44. The Balaban J connectivity index is 1.96. The highest BCUT2D eigenvalue weighted by Gasteiger charge is 2.37. The zero-order valence-corrected chi connectivity index (χ0v) is 9.01. The van der Waals surface area contributed by atoms with Gasteiger partial charge in [-0.15, -0.1) is 0 Å². The number of carbonyl (C=O) groups excluding carboxylic acids is 2. The molecule has 2 rings (SSSR count). The summed E-state index contributed by atoms with van der Waals surface area (Å²) >= 11 is 0. The fraction of sp³-hybridized carbons (Fsp3) is 0.800. The quantitative estimate of drug-likeness (QED) is 0.481. The minimum atomic E-state index is -0.175. The van der Waals surface area contributed by atoms with Crippen molar-refractivity contribution in [3.8, 4) is 0 Å². The molecule has 2 heterocycles. The van der Waals surface area contributed by atoms with Crippen molar-refractivity contribution in [2.45, 2.75) is 32.2 Å². The molecule has 0 aromatic carbocycles. The van der Waals surface area contributed by atoms with E-state index in [9.17, 15) is 9.59 Å². The normalized spacial score (nSPS) is 37.0. The average molecular weight is 212 g/mol. The second-order valence-electron chi connectivity index (χ2n) is 4.63. The molecule has 2 saturated heterocycles. The van der Waals surface area contributed by atoms with Gasteiger partial charge in [0.05, 0.1) is 19.5 Å². The lowest BCUT2D eigenvalue weighted by Gasteiger charge is -2.34. The standard InChI is InChI=1S/C10H17N3O2/c1-7-2-4-13(5-3-7)8-6-9(14)11-12-10(8)15/h7-8H,2-6H2,1H3,(H,11,14)(H,12,15)/p+1/t8-/m0/s1. The van der Waals surface area contributed by atoms with Crippen molar-refractivity contribution in [2.24, 2.45) is 5.92 Å². The third-order valence-electron chi connectivity index (χ3n) is 3.44. The van der Waals surface area contributed by atoms with E-state index in [2.05, 4.69) is 17.8 Å². The van der Waals surface area contributed by atoms with Crippen molar-refractivity contribution in [1.82, 2.24) is 10.9 Å². The van der Waals surface area contributed by atoms with Crippen molar-refractivity contribution in [1.29, 1.82) is 0 Å². The van der Waals surface area contributed by atoms with Gasteiger partial charge in [0.15, 0.2) is 6.04 Å². The van der Waals surface area contributed by atoms with E-state index in [1.165, 1.54) is 4.90 Å². The Morgan fingerprint density at radius 3 is 2.53 bits per heavy atom. The Kier molecular flexibility index (Phi) is 2.90. The van der Waals surface area contributed by atoms with E-state index in [-0.39, 0.29) is 17.9 Å². The average Bonchev–Trinajstić information content (AvgIpc) is 2.23. The van der Waals surface area contributed by atoms with Crippen LogP contribution in [0.3, 0.4) is 0 Å². The molecule has 3 N–H and O–H groups in total. The van der Waals surface area contributed by atoms with Crippen LogP contribution in [0, 0.1) is 5.92 Å². The van der Waals surface area contributed by atoms with Gasteiger partial charge in [-0.1, -0.05) is 6.92 Å². The van der Waals surface area contributed by atoms with Gasteiger partial charge in [-0.05, 0) is 18.8 Å². The van der Waals surface area contributed by atoms with Crippen LogP contribution in [-0.4, -0.2) is 30.9 Å². The predicted octanol–water partition coefficient (Wildman–Crippen LogP) is -1.78. The zero-order valence-electron chi connectivity index (χ0n) is 9.01. The Labute approximate surface area is 89.2 Å². The number of piperidine rings is 1. The largest absolute Gasteiger partial charge is 0.324 e. The van der Waals surface area contributed by atoms with Gasteiger partial charge in [0.2, 0.25) is 5.91 Å². The van der Waals surface area contributed by atoms with Crippen molar-refractivity contribution < 1.29 is 14.5 Å². The molecule has 0 aliphatic carbocycles. The molecule has 0 saturated carbocycles. The van der Waals surface area contributed by atoms with Crippen LogP contribution >= 0.6 is 0 Å². The topological polar surface area (TPSA) is 62.6 Å². The van der Waals surface area contributed by atoms with E-state index < -0.39 is 0 Å². The molecule has 1 atom stereocenters. The molecule has 2 fully saturated rings. The summed E-state index contributed by atoms with van der Waals surface area (Å²) in [5.41, 5.74) is 4.79. The van der Waals surface area contributed by atoms with Crippen molar-refractivity contribution in [2.75, 3.05) is 13.1 Å². The van der Waals surface area contributed by atoms with Crippen LogP contribution in [0.2, 0.25) is 0 Å². The first-order valence-corrected chi connectivity index (χ1v) is 5.60. The van der Waals surface area contributed by atoms with E-state index in [1.807, 2.05) is 0 Å². The summed E-state index contributed by atoms with van der Waals surface area (Å²) in [6.07, 6.45) is 2.64. The number of hydrazine groups is 1. The van der Waals surface area contributed by atoms with Crippen molar-refractivity contribution in [3.05, 3.63) is 0 Å². The molecule has 0 bridgehead atoms. The lowest BCUT2D eigenvalue weighted by molar-refractivity contribution is -0.921. The van der Waals surface area contributed by atoms with Crippen LogP contribution in [0.4, 0.5) is 0 Å². The van der Waals surface area contributed by atoms with Crippen LogP contribution in [0.1, 0.15) is 26.2 Å². The summed E-state index contributed by atoms with van der Waals surface area (Å²) in [5, 5.41) is 0. The molecule has 2 aliphatic rings. The molecule has 0 aromatic rings. The summed E-state index contributed by atoms with van der Waals surface area (Å²) < 4.78 is 0. The molecule has 5 nitrogen and oxygen atoms in total. The highest BCUT2D eigenvalue weighted by molar-refractivity contribution is 5.92. The number of quaternary nitrogens is 1. The number of likely N-dealkylation sites (tertiary alicyclic amines) is 1. The van der Waals surface area contributed by atoms with E-state index >= 15 is 0 Å². The molecule has 2 aliphatic heterocycles. The summed E-state index contributed by atoms with van der Waals surface area (Å²) in [6, 6.07) is -0.175. The van der Waals surface area contributed by atoms with E-state index in [0.29, 0.717) is 6.42 Å². The summed E-state index contributed by atoms with van der Waals surface area (Å²) in [4.78, 5) is 24.0. The summed E-state index contributed by atoms with van der Waals surface area (Å²) in [6.45, 7) is 4.25. The van der Waals surface area contributed by atoms with Crippen LogP contribution in [0.5, 0.6) is 0 Å². The van der Waals surface area contributed by atoms with Crippen LogP contribution < -0.4 is 15.8 Å². The molecule has 2 amide bonds. The molecule has 0 aromatic heterocycles. The highest BCUT2D eigenvalue weighted by Crippen LogP contribution is 2.08. The third kappa shape index (κ3) is 2.28. The Morgan fingerprint density at radius 2 is 1.87 bits per heavy atom. The molecular weight excluding hydrogens is 194 g/mol. The van der Waals surface area contributed by atoms with Gasteiger partial charge in [-0.2, -0.15) is 0 Å². The van der Waals surface area contributed by atoms with E-state index in [1.54, 1.807) is 0 Å². The van der Waals surface area contributed by atoms with Crippen LogP contribution in [-0.2, 0) is 9.59 Å². The van der Waals surface area contributed by atoms with E-state index in [0.717, 1.165) is 31.8 Å². The molecule has 0 unspecified atom stereocenters. The van der Waals surface area contributed by atoms with Crippen molar-refractivity contribution in [3.63, 3.8) is 0 Å². The minimum Gasteiger partial charge on any atom is -0.324 e. The first kappa shape index (κ1) is 10.4. The van der Waals surface area contributed by atoms with Gasteiger partial charge in [0.1, 0.15) is 0 Å². The SMILES string of the molecule is CC1CC[NH+]([C@H]2CC(=O)NNC2=O)CC1. The summed E-state index contributed by atoms with van der Waals surface area (Å²) in [5.74, 6) is 0.638. The predicted molar refractivity (Wildman–Crippen MR) is 53.8 cm³/mol. The van der Waals surface area contributed by atoms with Gasteiger partial charge < -0.3 is 4.90 Å². The van der Waals surface area contributed by atoms with Gasteiger partial charge in [-0.3, -0.25) is 20.4 Å². The Bertz CT molecular complexity index is 272. The highest BCUT2D eigenvalue weighted by atomic mass is 16.2. The maximum absolute atomic E-state index is 11.6. The van der Waals surface area contributed by atoms with Gasteiger partial charge in [-0.25, -0.2) is 0 Å². The smallest absolute Gasteiger partial charge is 0.297 e. The van der Waals surface area contributed by atoms with E-state index in [4.69, 9.17) is 0 Å². The number of hydrogen-bond donors (Lipinski definition) is 3. The zero-order chi connectivity index (χ0) is 10.8. The van der Waals surface area contributed by atoms with Crippen LogP contribution in [0.25, 0.3) is 0 Å². The second kappa shape index (κ2) is 4.18. The lowest BCUT2D eigenvalue weighted by Crippen LogP contribution is -3.18. The number of nitrogens with one attached hydrogen (secondary N) is 3. The molecule has 15 heavy (non-hydrogen) atoms. The van der Waals surface area contributed by atoms with Gasteiger partial charge >= 0.3 is 0 Å². The maximum atomic E-state index is 11.6. The molecular formula is C10H18N3O2+. The second-order valence-corrected chi connectivity index (χ2v) is 4.63. The Hall–Kier alpha value is -1.10. The maximum Gasteiger partial charge on any atom is 0.297 e. The lowest BCUT2D eigenvalue weighted by atomic mass is 9.96. The molecule has 0 spiro atoms. The fourth-order valence-corrected chi connectivity index (χ4v) is 2.36. The number of amides is 2. The first-order valence-electron chi connectivity index (χ1n) is 5.60. The number of rotatable bonds is 1. The van der Waals surface area contributed by atoms with Crippen molar-refractivity contribution >= 4 is 11.8 Å². The van der Waals surface area contributed by atoms with Gasteiger partial charge in [0, 0.05) is 0 Å². The molecule has 84 valence electrons. The fourth-order valence-electron chi connectivity index (χ4n) is 2.36. The number of hydrogen-bond acceptors (Lipinski definition) is 2. The number of carbonyl (C=O) groups is 2. The van der Waals surface area contributed by atoms with Gasteiger partial charge in [0.25, 0.3) is 5.91 Å². The Morgan fingerprint density at radius 1 is 1.20 bits per heavy atom. The van der Waals surface area contributed by atoms with Crippen LogP contribution in [0.15, 0.2) is 0 Å². The first-order chi connectivity index (χ1) is 7.16. The molecule has 0 radical (unpaired) electrons.